The third-order valence-electron chi connectivity index (χ3n) is 2.35. The summed E-state index contributed by atoms with van der Waals surface area (Å²) in [7, 11) is 0. The van der Waals surface area contributed by atoms with E-state index in [4.69, 9.17) is 16.3 Å². The van der Waals surface area contributed by atoms with Crippen LogP contribution in [0.15, 0.2) is 0 Å². The number of aromatic nitrogens is 3. The van der Waals surface area contributed by atoms with Crippen molar-refractivity contribution in [3.05, 3.63) is 11.4 Å². The average molecular weight is 260 g/mol. The van der Waals surface area contributed by atoms with Crippen LogP contribution in [0.4, 0.5) is 0 Å². The van der Waals surface area contributed by atoms with Crippen LogP contribution in [0.5, 0.6) is 0 Å². The van der Waals surface area contributed by atoms with E-state index >= 15 is 0 Å². The third-order valence-corrected chi connectivity index (χ3v) is 2.60. The quantitative estimate of drug-likeness (QED) is 0.581. The minimum absolute atomic E-state index is 0.208. The Morgan fingerprint density at radius 1 is 1.53 bits per heavy atom. The topological polar surface area (TPSA) is 57.0 Å². The zero-order valence-corrected chi connectivity index (χ0v) is 11.2. The fourth-order valence-corrected chi connectivity index (χ4v) is 1.65. The Bertz CT molecular complexity index is 377. The highest BCUT2D eigenvalue weighted by molar-refractivity contribution is 6.17. The second kappa shape index (κ2) is 6.59. The predicted molar refractivity (Wildman–Crippen MR) is 65.0 cm³/mol. The number of aryl methyl sites for hydroxylation is 1. The number of halogens is 1. The van der Waals surface area contributed by atoms with E-state index in [0.29, 0.717) is 24.8 Å². The van der Waals surface area contributed by atoms with E-state index in [1.807, 2.05) is 0 Å². The van der Waals surface area contributed by atoms with Gasteiger partial charge < -0.3 is 4.74 Å². The lowest BCUT2D eigenvalue weighted by molar-refractivity contribution is 0.0518. The Balaban J connectivity index is 2.83. The van der Waals surface area contributed by atoms with Crippen molar-refractivity contribution in [2.75, 3.05) is 6.61 Å². The smallest absolute Gasteiger partial charge is 0.360 e. The van der Waals surface area contributed by atoms with Crippen LogP contribution in [0, 0.1) is 5.92 Å². The van der Waals surface area contributed by atoms with Crippen molar-refractivity contribution in [1.29, 1.82) is 0 Å². The summed E-state index contributed by atoms with van der Waals surface area (Å²) in [4.78, 5) is 11.6. The minimum Gasteiger partial charge on any atom is -0.461 e. The van der Waals surface area contributed by atoms with Crippen LogP contribution in [0.2, 0.25) is 0 Å². The van der Waals surface area contributed by atoms with Gasteiger partial charge in [0.05, 0.1) is 18.2 Å². The zero-order chi connectivity index (χ0) is 12.8. The van der Waals surface area contributed by atoms with Crippen molar-refractivity contribution in [3.8, 4) is 0 Å². The lowest BCUT2D eigenvalue weighted by atomic mass is 10.1. The average Bonchev–Trinajstić information content (AvgIpc) is 2.69. The number of hydrogen-bond acceptors (Lipinski definition) is 4. The molecule has 0 saturated heterocycles. The molecule has 0 amide bonds. The SMILES string of the molecule is CCOC(=O)c1nnn(CCC(C)C)c1CCl. The summed E-state index contributed by atoms with van der Waals surface area (Å²) in [6.45, 7) is 7.04. The molecule has 0 bridgehead atoms. The number of hydrogen-bond donors (Lipinski definition) is 0. The van der Waals surface area contributed by atoms with E-state index in [2.05, 4.69) is 24.2 Å². The third kappa shape index (κ3) is 3.70. The fraction of sp³-hybridized carbons (Fsp3) is 0.727. The molecule has 0 N–H and O–H groups in total. The molecule has 1 aromatic heterocycles. The van der Waals surface area contributed by atoms with E-state index < -0.39 is 5.97 Å². The van der Waals surface area contributed by atoms with Crippen molar-refractivity contribution in [2.45, 2.75) is 39.6 Å². The lowest BCUT2D eigenvalue weighted by Gasteiger charge is -2.07. The monoisotopic (exact) mass is 259 g/mol. The number of carbonyl (C=O) groups excluding carboxylic acids is 1. The maximum atomic E-state index is 11.6. The number of nitrogens with zero attached hydrogens (tertiary/aromatic N) is 3. The Kier molecular flexibility index (Phi) is 5.41. The lowest BCUT2D eigenvalue weighted by Crippen LogP contribution is -2.11. The highest BCUT2D eigenvalue weighted by atomic mass is 35.5. The van der Waals surface area contributed by atoms with Crippen molar-refractivity contribution in [2.24, 2.45) is 5.92 Å². The van der Waals surface area contributed by atoms with E-state index in [1.54, 1.807) is 11.6 Å². The second-order valence-corrected chi connectivity index (χ2v) is 4.41. The normalized spacial score (nSPS) is 10.9. The Hall–Kier alpha value is -1.10. The Morgan fingerprint density at radius 3 is 2.76 bits per heavy atom. The van der Waals surface area contributed by atoms with Gasteiger partial charge in [-0.3, -0.25) is 0 Å². The van der Waals surface area contributed by atoms with Gasteiger partial charge in [0.1, 0.15) is 0 Å². The van der Waals surface area contributed by atoms with Gasteiger partial charge >= 0.3 is 5.97 Å². The molecule has 0 aliphatic carbocycles. The summed E-state index contributed by atoms with van der Waals surface area (Å²) >= 11 is 5.83. The predicted octanol–water partition coefficient (Wildman–Crippen LogP) is 2.24. The molecule has 0 aliphatic rings. The van der Waals surface area contributed by atoms with E-state index in [0.717, 1.165) is 6.42 Å². The Labute approximate surface area is 106 Å². The van der Waals surface area contributed by atoms with Crippen LogP contribution in [0.25, 0.3) is 0 Å². The summed E-state index contributed by atoms with van der Waals surface area (Å²) < 4.78 is 6.58. The molecule has 1 rings (SSSR count). The van der Waals surface area contributed by atoms with Gasteiger partial charge in [0.2, 0.25) is 0 Å². The summed E-state index contributed by atoms with van der Waals surface area (Å²) in [5.74, 6) is 0.312. The molecule has 1 aromatic rings. The first-order chi connectivity index (χ1) is 8.10. The van der Waals surface area contributed by atoms with Gasteiger partial charge in [-0.05, 0) is 19.3 Å². The van der Waals surface area contributed by atoms with Crippen molar-refractivity contribution in [1.82, 2.24) is 15.0 Å². The summed E-state index contributed by atoms with van der Waals surface area (Å²) in [6.07, 6.45) is 0.968. The van der Waals surface area contributed by atoms with Crippen LogP contribution < -0.4 is 0 Å². The highest BCUT2D eigenvalue weighted by Gasteiger charge is 2.19. The van der Waals surface area contributed by atoms with Gasteiger partial charge in [-0.15, -0.1) is 16.7 Å². The van der Waals surface area contributed by atoms with Crippen LogP contribution in [-0.4, -0.2) is 27.6 Å². The number of alkyl halides is 1. The molecule has 0 radical (unpaired) electrons. The molecule has 5 nitrogen and oxygen atoms in total. The molecule has 0 aromatic carbocycles. The number of carbonyl (C=O) groups is 1. The van der Waals surface area contributed by atoms with E-state index in [1.165, 1.54) is 0 Å². The van der Waals surface area contributed by atoms with Crippen LogP contribution in [-0.2, 0) is 17.2 Å². The van der Waals surface area contributed by atoms with Crippen LogP contribution >= 0.6 is 11.6 Å². The van der Waals surface area contributed by atoms with Crippen LogP contribution in [0.3, 0.4) is 0 Å². The molecule has 0 fully saturated rings. The van der Waals surface area contributed by atoms with Crippen LogP contribution in [0.1, 0.15) is 43.4 Å². The van der Waals surface area contributed by atoms with Crippen molar-refractivity contribution in [3.63, 3.8) is 0 Å². The first-order valence-electron chi connectivity index (χ1n) is 5.75. The molecule has 96 valence electrons. The van der Waals surface area contributed by atoms with E-state index in [-0.39, 0.29) is 11.6 Å². The molecule has 17 heavy (non-hydrogen) atoms. The van der Waals surface area contributed by atoms with Gasteiger partial charge in [0, 0.05) is 6.54 Å². The van der Waals surface area contributed by atoms with Gasteiger partial charge in [-0.2, -0.15) is 0 Å². The number of ether oxygens (including phenoxy) is 1. The summed E-state index contributed by atoms with van der Waals surface area (Å²) in [5.41, 5.74) is 0.858. The molecule has 0 atom stereocenters. The van der Waals surface area contributed by atoms with Gasteiger partial charge in [-0.25, -0.2) is 9.48 Å². The molecule has 1 heterocycles. The summed E-state index contributed by atoms with van der Waals surface area (Å²) in [6, 6.07) is 0. The first kappa shape index (κ1) is 14.0. The first-order valence-corrected chi connectivity index (χ1v) is 6.29. The zero-order valence-electron chi connectivity index (χ0n) is 10.4. The standard InChI is InChI=1S/C11H18ClN3O2/c1-4-17-11(16)10-9(7-12)15(14-13-10)6-5-8(2)3/h8H,4-7H2,1-3H3. The van der Waals surface area contributed by atoms with Gasteiger partial charge in [-0.1, -0.05) is 19.1 Å². The minimum atomic E-state index is -0.459. The van der Waals surface area contributed by atoms with Crippen molar-refractivity contribution < 1.29 is 9.53 Å². The van der Waals surface area contributed by atoms with Gasteiger partial charge in [0.25, 0.3) is 0 Å². The number of esters is 1. The van der Waals surface area contributed by atoms with Gasteiger partial charge in [0.15, 0.2) is 5.69 Å². The summed E-state index contributed by atoms with van der Waals surface area (Å²) in [5, 5.41) is 7.78. The molecule has 0 saturated carbocycles. The second-order valence-electron chi connectivity index (χ2n) is 4.14. The molecular weight excluding hydrogens is 242 g/mol. The molecule has 0 unspecified atom stereocenters. The Morgan fingerprint density at radius 2 is 2.24 bits per heavy atom. The fourth-order valence-electron chi connectivity index (χ4n) is 1.38. The number of rotatable bonds is 6. The molecular formula is C11H18ClN3O2. The van der Waals surface area contributed by atoms with E-state index in [9.17, 15) is 4.79 Å². The largest absolute Gasteiger partial charge is 0.461 e. The van der Waals surface area contributed by atoms with Crippen molar-refractivity contribution >= 4 is 17.6 Å². The maximum absolute atomic E-state index is 11.6. The molecule has 0 spiro atoms. The maximum Gasteiger partial charge on any atom is 0.360 e. The molecule has 6 heteroatoms. The molecule has 0 aliphatic heterocycles. The highest BCUT2D eigenvalue weighted by Crippen LogP contribution is 2.12.